The summed E-state index contributed by atoms with van der Waals surface area (Å²) in [5.41, 5.74) is 18.7. The van der Waals surface area contributed by atoms with Gasteiger partial charge in [0.2, 0.25) is 0 Å². The van der Waals surface area contributed by atoms with E-state index in [2.05, 4.69) is 254 Å². The van der Waals surface area contributed by atoms with Gasteiger partial charge in [-0.15, -0.1) is 0 Å². The molecule has 1 aliphatic heterocycles. The summed E-state index contributed by atoms with van der Waals surface area (Å²) in [4.78, 5) is 2.45. The van der Waals surface area contributed by atoms with Crippen molar-refractivity contribution < 1.29 is 4.74 Å². The van der Waals surface area contributed by atoms with Crippen molar-refractivity contribution in [3.63, 3.8) is 0 Å². The SMILES string of the molecule is C1=CC2C(Oc3c(ccc4ccccc34)C23c2ccccc2-c2cc(-c4ccccc4N(c4ccccc4)c4ccc(-c5ccccc5)cc4-c4ccccc4)ccc23)c2ccccc21. The fraction of sp³-hybridized carbons (Fsp3) is 0.0476. The zero-order chi connectivity index (χ0) is 42.9. The van der Waals surface area contributed by atoms with Crippen LogP contribution in [0.25, 0.3) is 61.4 Å². The second-order valence-corrected chi connectivity index (χ2v) is 17.5. The number of benzene rings is 10. The highest BCUT2D eigenvalue weighted by Crippen LogP contribution is 2.65. The van der Waals surface area contributed by atoms with Gasteiger partial charge in [-0.1, -0.05) is 212 Å². The summed E-state index contributed by atoms with van der Waals surface area (Å²) in [5.74, 6) is 1.01. The Hall–Kier alpha value is -8.20. The van der Waals surface area contributed by atoms with Crippen molar-refractivity contribution in [3.05, 3.63) is 270 Å². The van der Waals surface area contributed by atoms with Crippen molar-refractivity contribution in [2.75, 3.05) is 4.90 Å². The highest BCUT2D eigenvalue weighted by atomic mass is 16.5. The van der Waals surface area contributed by atoms with Crippen molar-refractivity contribution in [2.24, 2.45) is 5.92 Å². The van der Waals surface area contributed by atoms with Crippen LogP contribution in [0, 0.1) is 5.92 Å². The van der Waals surface area contributed by atoms with Crippen LogP contribution in [0.4, 0.5) is 17.1 Å². The Kier molecular flexibility index (Phi) is 8.60. The Labute approximate surface area is 380 Å². The van der Waals surface area contributed by atoms with Gasteiger partial charge in [0.1, 0.15) is 11.9 Å². The lowest BCUT2D eigenvalue weighted by Gasteiger charge is -2.49. The minimum atomic E-state index is -0.489. The van der Waals surface area contributed by atoms with Crippen LogP contribution in [-0.2, 0) is 5.41 Å². The number of para-hydroxylation sites is 2. The normalized spacial score (nSPS) is 17.4. The molecule has 65 heavy (non-hydrogen) atoms. The number of nitrogens with zero attached hydrogens (tertiary/aromatic N) is 1. The first-order valence-corrected chi connectivity index (χ1v) is 22.7. The van der Waals surface area contributed by atoms with Crippen LogP contribution in [0.2, 0.25) is 0 Å². The van der Waals surface area contributed by atoms with Gasteiger partial charge in [0.25, 0.3) is 0 Å². The largest absolute Gasteiger partial charge is 0.484 e. The Balaban J connectivity index is 1.03. The summed E-state index contributed by atoms with van der Waals surface area (Å²) >= 11 is 0. The summed E-state index contributed by atoms with van der Waals surface area (Å²) in [5, 5.41) is 2.34. The number of rotatable bonds is 6. The number of ether oxygens (including phenoxy) is 1. The predicted octanol–water partition coefficient (Wildman–Crippen LogP) is 16.4. The summed E-state index contributed by atoms with van der Waals surface area (Å²) in [6, 6.07) is 86.6. The van der Waals surface area contributed by atoms with Gasteiger partial charge < -0.3 is 9.64 Å². The lowest BCUT2D eigenvalue weighted by Crippen LogP contribution is -2.45. The molecule has 306 valence electrons. The summed E-state index contributed by atoms with van der Waals surface area (Å²) < 4.78 is 7.33. The standard InChI is InChI=1S/C63H43NO/c1-4-18-42(19-5-1)46-35-39-60(53(40-46)43-20-6-2-7-21-43)64(48-24-8-3-9-25-48)59-31-17-15-26-49(59)47-34-36-56-54(41-47)52-29-14-16-30-55(52)63(56)57-37-32-44-22-10-12-27-50(44)61(57)65-62-51-28-13-11-23-45(51)33-38-58(62)63/h1-41,57,61H. The van der Waals surface area contributed by atoms with E-state index in [0.29, 0.717) is 0 Å². The Morgan fingerprint density at radius 2 is 1.02 bits per heavy atom. The van der Waals surface area contributed by atoms with Gasteiger partial charge in [0, 0.05) is 39.2 Å². The maximum Gasteiger partial charge on any atom is 0.132 e. The van der Waals surface area contributed by atoms with Gasteiger partial charge in [-0.3, -0.25) is 0 Å². The zero-order valence-electron chi connectivity index (χ0n) is 35.7. The van der Waals surface area contributed by atoms with E-state index in [1.165, 1.54) is 66.6 Å². The molecule has 2 nitrogen and oxygen atoms in total. The van der Waals surface area contributed by atoms with Crippen molar-refractivity contribution in [2.45, 2.75) is 11.5 Å². The van der Waals surface area contributed by atoms with Gasteiger partial charge in [0.15, 0.2) is 0 Å². The first-order chi connectivity index (χ1) is 32.3. The van der Waals surface area contributed by atoms with Crippen molar-refractivity contribution in [3.8, 4) is 50.3 Å². The summed E-state index contributed by atoms with van der Waals surface area (Å²) in [7, 11) is 0. The lowest BCUT2D eigenvalue weighted by molar-refractivity contribution is 0.105. The van der Waals surface area contributed by atoms with E-state index in [1.54, 1.807) is 0 Å². The minimum Gasteiger partial charge on any atom is -0.484 e. The lowest BCUT2D eigenvalue weighted by atomic mass is 9.58. The Morgan fingerprint density at radius 3 is 1.86 bits per heavy atom. The zero-order valence-corrected chi connectivity index (χ0v) is 35.7. The third-order valence-electron chi connectivity index (χ3n) is 14.1. The maximum absolute atomic E-state index is 7.33. The van der Waals surface area contributed by atoms with E-state index in [-0.39, 0.29) is 12.0 Å². The van der Waals surface area contributed by atoms with E-state index in [9.17, 15) is 0 Å². The quantitative estimate of drug-likeness (QED) is 0.166. The molecule has 0 saturated heterocycles. The van der Waals surface area contributed by atoms with Gasteiger partial charge in [0.05, 0.1) is 16.8 Å². The van der Waals surface area contributed by atoms with Crippen LogP contribution in [-0.4, -0.2) is 0 Å². The third kappa shape index (κ3) is 5.74. The Bertz CT molecular complexity index is 3480. The van der Waals surface area contributed by atoms with Gasteiger partial charge >= 0.3 is 0 Å². The molecule has 0 N–H and O–H groups in total. The van der Waals surface area contributed by atoms with Crippen LogP contribution in [0.5, 0.6) is 5.75 Å². The van der Waals surface area contributed by atoms with Crippen molar-refractivity contribution >= 4 is 33.9 Å². The van der Waals surface area contributed by atoms with E-state index < -0.39 is 5.41 Å². The number of hydrogen-bond acceptors (Lipinski definition) is 2. The molecule has 0 bridgehead atoms. The molecule has 3 aliphatic rings. The molecule has 2 aliphatic carbocycles. The summed E-state index contributed by atoms with van der Waals surface area (Å²) in [6.07, 6.45) is 4.60. The molecule has 2 heteroatoms. The van der Waals surface area contributed by atoms with Gasteiger partial charge in [-0.25, -0.2) is 0 Å². The van der Waals surface area contributed by atoms with E-state index in [0.717, 1.165) is 39.3 Å². The van der Waals surface area contributed by atoms with Crippen molar-refractivity contribution in [1.29, 1.82) is 0 Å². The predicted molar refractivity (Wildman–Crippen MR) is 269 cm³/mol. The van der Waals surface area contributed by atoms with E-state index >= 15 is 0 Å². The molecule has 0 amide bonds. The third-order valence-corrected chi connectivity index (χ3v) is 14.1. The second-order valence-electron chi connectivity index (χ2n) is 17.5. The topological polar surface area (TPSA) is 12.5 Å². The van der Waals surface area contributed by atoms with Gasteiger partial charge in [-0.05, 0) is 91.9 Å². The monoisotopic (exact) mass is 829 g/mol. The molecule has 3 unspecified atom stereocenters. The number of fused-ring (bicyclic) bond motifs is 13. The average molecular weight is 830 g/mol. The maximum atomic E-state index is 7.33. The molecule has 3 atom stereocenters. The first kappa shape index (κ1) is 37.4. The smallest absolute Gasteiger partial charge is 0.132 e. The molecule has 0 saturated carbocycles. The van der Waals surface area contributed by atoms with E-state index in [4.69, 9.17) is 4.74 Å². The number of hydrogen-bond donors (Lipinski definition) is 0. The number of anilines is 3. The molecule has 0 fully saturated rings. The van der Waals surface area contributed by atoms with Crippen LogP contribution in [0.15, 0.2) is 243 Å². The minimum absolute atomic E-state index is 0.0236. The molecule has 13 rings (SSSR count). The molecule has 10 aromatic carbocycles. The second kappa shape index (κ2) is 15.0. The molecule has 0 aromatic heterocycles. The highest BCUT2D eigenvalue weighted by molar-refractivity contribution is 5.98. The van der Waals surface area contributed by atoms with E-state index in [1.807, 2.05) is 0 Å². The summed E-state index contributed by atoms with van der Waals surface area (Å²) in [6.45, 7) is 0. The molecular weight excluding hydrogens is 787 g/mol. The fourth-order valence-electron chi connectivity index (χ4n) is 11.3. The molecule has 1 spiro atoms. The van der Waals surface area contributed by atoms with Crippen LogP contribution in [0.3, 0.4) is 0 Å². The fourth-order valence-corrected chi connectivity index (χ4v) is 11.3. The molecule has 10 aromatic rings. The average Bonchev–Trinajstić information content (AvgIpc) is 3.67. The van der Waals surface area contributed by atoms with Crippen LogP contribution in [0.1, 0.15) is 33.9 Å². The van der Waals surface area contributed by atoms with Crippen LogP contribution >= 0.6 is 0 Å². The molecular formula is C63H43NO. The first-order valence-electron chi connectivity index (χ1n) is 22.7. The molecule has 1 heterocycles. The van der Waals surface area contributed by atoms with Crippen molar-refractivity contribution in [1.82, 2.24) is 0 Å². The van der Waals surface area contributed by atoms with Crippen LogP contribution < -0.4 is 9.64 Å². The molecule has 0 radical (unpaired) electrons. The Morgan fingerprint density at radius 1 is 0.400 bits per heavy atom. The van der Waals surface area contributed by atoms with Gasteiger partial charge in [-0.2, -0.15) is 0 Å². The highest BCUT2D eigenvalue weighted by Gasteiger charge is 2.57.